The van der Waals surface area contributed by atoms with E-state index < -0.39 is 84.5 Å². The van der Waals surface area contributed by atoms with Crippen LogP contribution in [-0.4, -0.2) is 0 Å². The summed E-state index contributed by atoms with van der Waals surface area (Å²) < 4.78 is 185. The number of benzene rings is 6. The normalized spacial score (nSPS) is 12.8. The van der Waals surface area contributed by atoms with Crippen molar-refractivity contribution >= 4 is 47.7 Å². The summed E-state index contributed by atoms with van der Waals surface area (Å²) in [6.07, 6.45) is -22.4. The van der Waals surface area contributed by atoms with Gasteiger partial charge in [-0.25, -0.2) is 0 Å². The van der Waals surface area contributed by atoms with Gasteiger partial charge >= 0.3 is 24.7 Å². The first-order valence-electron chi connectivity index (χ1n) is 19.1. The second kappa shape index (κ2) is 16.8. The Morgan fingerprint density at radius 3 is 0.661 bits per heavy atom. The minimum atomic E-state index is -5.75. The molecule has 326 valence electrons. The fraction of sp³-hybridized carbons (Fsp3) is 0.250. The summed E-state index contributed by atoms with van der Waals surface area (Å²) in [7, 11) is -5.21. The molecule has 0 heterocycles. The lowest BCUT2D eigenvalue weighted by Gasteiger charge is -2.32. The third kappa shape index (κ3) is 10.1. The van der Waals surface area contributed by atoms with Crippen LogP contribution in [-0.2, 0) is 24.7 Å². The van der Waals surface area contributed by atoms with Gasteiger partial charge in [0, 0.05) is 11.1 Å². The van der Waals surface area contributed by atoms with Gasteiger partial charge in [0.25, 0.3) is 0 Å². The molecule has 0 aliphatic rings. The van der Waals surface area contributed by atoms with Gasteiger partial charge in [-0.3, -0.25) is 0 Å². The molecule has 0 amide bonds. The molecule has 0 N–H and O–H groups in total. The van der Waals surface area contributed by atoms with Crippen molar-refractivity contribution in [3.05, 3.63) is 164 Å². The van der Waals surface area contributed by atoms with Crippen LogP contribution in [0.25, 0.3) is 11.1 Å². The van der Waals surface area contributed by atoms with E-state index in [2.05, 4.69) is 0 Å². The minimum absolute atomic E-state index is 0.226. The molecule has 6 rings (SSSR count). The fourth-order valence-corrected chi connectivity index (χ4v) is 13.9. The van der Waals surface area contributed by atoms with Crippen LogP contribution in [0.3, 0.4) is 0 Å². The van der Waals surface area contributed by atoms with Crippen molar-refractivity contribution in [3.63, 3.8) is 0 Å². The molecule has 62 heavy (non-hydrogen) atoms. The molecular weight excluding hydrogens is 866 g/mol. The summed E-state index contributed by atoms with van der Waals surface area (Å²) in [5.74, 6) is 0. The first-order chi connectivity index (χ1) is 28.5. The van der Waals surface area contributed by atoms with E-state index in [0.29, 0.717) is 56.6 Å². The van der Waals surface area contributed by atoms with Crippen molar-refractivity contribution in [2.24, 2.45) is 0 Å². The maximum atomic E-state index is 15.9. The Hall–Kier alpha value is -4.66. The highest BCUT2D eigenvalue weighted by Gasteiger charge is 2.47. The van der Waals surface area contributed by atoms with E-state index >= 15 is 26.3 Å². The lowest BCUT2D eigenvalue weighted by Crippen LogP contribution is -2.32. The van der Waals surface area contributed by atoms with Gasteiger partial charge in [-0.15, -0.1) is 0 Å². The Bertz CT molecular complexity index is 2320. The second-order valence-corrected chi connectivity index (χ2v) is 20.3. The predicted octanol–water partition coefficient (Wildman–Crippen LogP) is 13.4. The molecule has 0 bridgehead atoms. The van der Waals surface area contributed by atoms with E-state index in [-0.39, 0.29) is 33.4 Å². The smallest absolute Gasteiger partial charge is 0.166 e. The molecule has 0 saturated heterocycles. The summed E-state index contributed by atoms with van der Waals surface area (Å²) >= 11 is 0. The largest absolute Gasteiger partial charge is 0.417 e. The van der Waals surface area contributed by atoms with E-state index in [1.54, 1.807) is 128 Å². The molecule has 0 radical (unpaired) electrons. The SMILES string of the molecule is Cc1cc(C)cc(P(c2cc(C)cc(C)c2)c2cc(C(F)(F)F)cc(C(F)(F)F)c2-c2c(P(c3cc(C)cc(C)c3)c3cc(C)cc(C)c3)cc(C(F)(F)F)cc2C(F)(F)F)c1. The third-order valence-corrected chi connectivity index (χ3v) is 14.9. The van der Waals surface area contributed by atoms with Gasteiger partial charge in [0.1, 0.15) is 0 Å². The molecule has 0 aliphatic heterocycles. The van der Waals surface area contributed by atoms with Gasteiger partial charge < -0.3 is 0 Å². The molecule has 6 aromatic rings. The number of halogens is 12. The van der Waals surface area contributed by atoms with Gasteiger partial charge in [-0.2, -0.15) is 52.7 Å². The average Bonchev–Trinajstić information content (AvgIpc) is 3.08. The maximum Gasteiger partial charge on any atom is 0.417 e. The molecule has 6 aromatic carbocycles. The quantitative estimate of drug-likeness (QED) is 0.111. The highest BCUT2D eigenvalue weighted by Crippen LogP contribution is 2.52. The van der Waals surface area contributed by atoms with E-state index in [0.717, 1.165) is 0 Å². The van der Waals surface area contributed by atoms with E-state index in [1.165, 1.54) is 0 Å². The van der Waals surface area contributed by atoms with Crippen molar-refractivity contribution in [2.75, 3.05) is 0 Å². The summed E-state index contributed by atoms with van der Waals surface area (Å²) in [6.45, 7) is 13.3. The third-order valence-electron chi connectivity index (χ3n) is 10.1. The van der Waals surface area contributed by atoms with Crippen molar-refractivity contribution in [1.82, 2.24) is 0 Å². The van der Waals surface area contributed by atoms with Crippen molar-refractivity contribution in [1.29, 1.82) is 0 Å². The molecule has 0 spiro atoms. The van der Waals surface area contributed by atoms with E-state index in [1.807, 2.05) is 0 Å². The first-order valence-corrected chi connectivity index (χ1v) is 21.8. The van der Waals surface area contributed by atoms with E-state index in [9.17, 15) is 26.3 Å². The van der Waals surface area contributed by atoms with Crippen LogP contribution in [0.4, 0.5) is 52.7 Å². The van der Waals surface area contributed by atoms with Gasteiger partial charge in [0.05, 0.1) is 22.3 Å². The number of hydrogen-bond donors (Lipinski definition) is 0. The molecule has 0 fully saturated rings. The van der Waals surface area contributed by atoms with Crippen LogP contribution >= 0.6 is 15.8 Å². The zero-order valence-corrected chi connectivity index (χ0v) is 36.5. The summed E-state index contributed by atoms with van der Waals surface area (Å²) in [5, 5.41) is -0.597. The minimum Gasteiger partial charge on any atom is -0.166 e. The lowest BCUT2D eigenvalue weighted by atomic mass is 9.91. The Kier molecular flexibility index (Phi) is 12.7. The van der Waals surface area contributed by atoms with Gasteiger partial charge in [-0.05, 0) is 127 Å². The Balaban J connectivity index is 1.99. The van der Waals surface area contributed by atoms with Crippen molar-refractivity contribution in [3.8, 4) is 11.1 Å². The van der Waals surface area contributed by atoms with Crippen LogP contribution < -0.4 is 31.8 Å². The number of hydrogen-bond acceptors (Lipinski definition) is 0. The molecular formula is C48H40F12P2. The van der Waals surface area contributed by atoms with Crippen molar-refractivity contribution < 1.29 is 52.7 Å². The predicted molar refractivity (Wildman–Crippen MR) is 227 cm³/mol. The molecule has 14 heteroatoms. The van der Waals surface area contributed by atoms with Gasteiger partial charge in [0.15, 0.2) is 0 Å². The molecule has 0 aromatic heterocycles. The Labute approximate surface area is 354 Å². The summed E-state index contributed by atoms with van der Waals surface area (Å²) in [4.78, 5) is 0. The highest BCUT2D eigenvalue weighted by atomic mass is 31.1. The average molecular weight is 907 g/mol. The van der Waals surface area contributed by atoms with Crippen LogP contribution in [0, 0.1) is 55.4 Å². The van der Waals surface area contributed by atoms with Gasteiger partial charge in [0.2, 0.25) is 0 Å². The van der Waals surface area contributed by atoms with E-state index in [4.69, 9.17) is 0 Å². The highest BCUT2D eigenvalue weighted by molar-refractivity contribution is 7.80. The zero-order valence-electron chi connectivity index (χ0n) is 34.7. The molecule has 0 nitrogen and oxygen atoms in total. The van der Waals surface area contributed by atoms with Crippen LogP contribution in [0.15, 0.2) is 97.1 Å². The maximum absolute atomic E-state index is 15.9. The fourth-order valence-electron chi connectivity index (χ4n) is 8.08. The van der Waals surface area contributed by atoms with Crippen LogP contribution in [0.2, 0.25) is 0 Å². The molecule has 0 atom stereocenters. The molecule has 0 aliphatic carbocycles. The topological polar surface area (TPSA) is 0 Å². The monoisotopic (exact) mass is 906 g/mol. The second-order valence-electron chi connectivity index (χ2n) is 15.9. The number of aryl methyl sites for hydroxylation is 8. The van der Waals surface area contributed by atoms with Crippen LogP contribution in [0.5, 0.6) is 0 Å². The zero-order chi connectivity index (χ0) is 46.0. The summed E-state index contributed by atoms with van der Waals surface area (Å²) in [5.41, 5.74) is -5.67. The number of rotatable bonds is 7. The number of alkyl halides is 12. The summed E-state index contributed by atoms with van der Waals surface area (Å²) in [6, 6.07) is 19.8. The molecule has 0 saturated carbocycles. The Morgan fingerprint density at radius 1 is 0.274 bits per heavy atom. The van der Waals surface area contributed by atoms with Crippen molar-refractivity contribution in [2.45, 2.75) is 80.1 Å². The standard InChI is InChI=1S/C48H40F12P2/c1-25-9-26(2)14-35(13-25)61(36-15-27(3)10-28(4)16-36)41-23-33(45(49,50)51)21-39(47(55,56)57)43(41)44-40(48(58,59)60)22-34(46(52,53)54)24-42(44)62(37-17-29(5)11-30(6)18-37)38-19-31(7)12-32(8)20-38/h9-24H,1-8H3. The molecule has 0 unspecified atom stereocenters. The lowest BCUT2D eigenvalue weighted by molar-refractivity contribution is -0.145. The Morgan fingerprint density at radius 2 is 0.484 bits per heavy atom. The first kappa shape index (κ1) is 46.8. The van der Waals surface area contributed by atoms with Gasteiger partial charge in [-0.1, -0.05) is 117 Å². The van der Waals surface area contributed by atoms with Crippen LogP contribution in [0.1, 0.15) is 66.8 Å².